The minimum absolute atomic E-state index is 0.233. The highest BCUT2D eigenvalue weighted by Crippen LogP contribution is 2.25. The van der Waals surface area contributed by atoms with Gasteiger partial charge in [-0.05, 0) is 18.2 Å². The van der Waals surface area contributed by atoms with Crippen LogP contribution in [0.2, 0.25) is 5.02 Å². The molecule has 0 bridgehead atoms. The number of hydrogen-bond acceptors (Lipinski definition) is 5. The third kappa shape index (κ3) is 2.71. The standard InChI is InChI=1S/C14H12ClN5O2/c1-9(21)19-6-11(5-14(19)22)18-10-2-3-13(12(15)4-10)20-8-16-7-17-20/h2-5,7-8,18H,6H2,1H3. The van der Waals surface area contributed by atoms with Gasteiger partial charge in [0.05, 0.1) is 17.3 Å². The molecule has 1 aliphatic heterocycles. The highest BCUT2D eigenvalue weighted by atomic mass is 35.5. The first kappa shape index (κ1) is 14.3. The molecular weight excluding hydrogens is 306 g/mol. The van der Waals surface area contributed by atoms with Crippen LogP contribution in [-0.2, 0) is 9.59 Å². The molecule has 0 fully saturated rings. The van der Waals surface area contributed by atoms with E-state index in [-0.39, 0.29) is 18.4 Å². The lowest BCUT2D eigenvalue weighted by molar-refractivity contribution is -0.138. The van der Waals surface area contributed by atoms with E-state index in [9.17, 15) is 9.59 Å². The van der Waals surface area contributed by atoms with E-state index in [4.69, 9.17) is 11.6 Å². The summed E-state index contributed by atoms with van der Waals surface area (Å²) in [6.45, 7) is 1.59. The van der Waals surface area contributed by atoms with Crippen molar-refractivity contribution in [3.8, 4) is 5.69 Å². The number of carbonyl (C=O) groups is 2. The number of nitrogens with zero attached hydrogens (tertiary/aromatic N) is 4. The lowest BCUT2D eigenvalue weighted by Crippen LogP contribution is -2.31. The van der Waals surface area contributed by atoms with Crippen molar-refractivity contribution in [2.45, 2.75) is 6.92 Å². The highest BCUT2D eigenvalue weighted by molar-refractivity contribution is 6.32. The summed E-state index contributed by atoms with van der Waals surface area (Å²) in [4.78, 5) is 28.0. The molecule has 1 aromatic carbocycles. The van der Waals surface area contributed by atoms with Gasteiger partial charge in [0.1, 0.15) is 12.7 Å². The molecule has 0 unspecified atom stereocenters. The average molecular weight is 318 g/mol. The van der Waals surface area contributed by atoms with Crippen molar-refractivity contribution >= 4 is 29.1 Å². The molecule has 2 amide bonds. The Labute approximate surface area is 131 Å². The first-order chi connectivity index (χ1) is 10.5. The van der Waals surface area contributed by atoms with Gasteiger partial charge in [-0.15, -0.1) is 0 Å². The summed E-state index contributed by atoms with van der Waals surface area (Å²) in [5.41, 5.74) is 2.06. The molecule has 0 spiro atoms. The maximum absolute atomic E-state index is 11.6. The summed E-state index contributed by atoms with van der Waals surface area (Å²) in [7, 11) is 0. The van der Waals surface area contributed by atoms with Crippen LogP contribution in [0, 0.1) is 0 Å². The summed E-state index contributed by atoms with van der Waals surface area (Å²) >= 11 is 6.23. The van der Waals surface area contributed by atoms with Gasteiger partial charge >= 0.3 is 0 Å². The smallest absolute Gasteiger partial charge is 0.255 e. The van der Waals surface area contributed by atoms with Crippen LogP contribution in [0.1, 0.15) is 6.92 Å². The molecule has 22 heavy (non-hydrogen) atoms. The second-order valence-corrected chi connectivity index (χ2v) is 5.15. The number of nitrogens with one attached hydrogen (secondary N) is 1. The van der Waals surface area contributed by atoms with Crippen LogP contribution in [0.5, 0.6) is 0 Å². The molecule has 0 atom stereocenters. The van der Waals surface area contributed by atoms with Crippen LogP contribution in [0.4, 0.5) is 5.69 Å². The predicted molar refractivity (Wildman–Crippen MR) is 80.5 cm³/mol. The number of amides is 2. The van der Waals surface area contributed by atoms with Crippen molar-refractivity contribution in [1.29, 1.82) is 0 Å². The number of anilines is 1. The van der Waals surface area contributed by atoms with E-state index in [1.165, 1.54) is 19.3 Å². The van der Waals surface area contributed by atoms with E-state index in [0.717, 1.165) is 10.6 Å². The average Bonchev–Trinajstić information content (AvgIpc) is 3.09. The van der Waals surface area contributed by atoms with E-state index < -0.39 is 0 Å². The third-order valence-corrected chi connectivity index (χ3v) is 3.49. The van der Waals surface area contributed by atoms with Crippen LogP contribution in [0.25, 0.3) is 5.69 Å². The number of benzene rings is 1. The molecule has 0 aliphatic carbocycles. The van der Waals surface area contributed by atoms with Crippen LogP contribution in [0.3, 0.4) is 0 Å². The monoisotopic (exact) mass is 317 g/mol. The molecule has 2 aromatic rings. The summed E-state index contributed by atoms with van der Waals surface area (Å²) in [6.07, 6.45) is 4.38. The van der Waals surface area contributed by atoms with Gasteiger partial charge in [-0.2, -0.15) is 5.10 Å². The van der Waals surface area contributed by atoms with E-state index in [1.54, 1.807) is 23.1 Å². The van der Waals surface area contributed by atoms with Gasteiger partial charge in [-0.1, -0.05) is 11.6 Å². The molecule has 2 heterocycles. The fourth-order valence-corrected chi connectivity index (χ4v) is 2.42. The molecule has 3 rings (SSSR count). The first-order valence-electron chi connectivity index (χ1n) is 6.49. The van der Waals surface area contributed by atoms with Crippen molar-refractivity contribution in [3.05, 3.63) is 47.6 Å². The fourth-order valence-electron chi connectivity index (χ4n) is 2.15. The quantitative estimate of drug-likeness (QED) is 0.930. The Morgan fingerprint density at radius 2 is 2.23 bits per heavy atom. The molecule has 0 radical (unpaired) electrons. The minimum Gasteiger partial charge on any atom is -0.357 e. The minimum atomic E-state index is -0.319. The second-order valence-electron chi connectivity index (χ2n) is 4.74. The van der Waals surface area contributed by atoms with Crippen LogP contribution in [-0.4, -0.2) is 38.0 Å². The summed E-state index contributed by atoms with van der Waals surface area (Å²) < 4.78 is 1.56. The SMILES string of the molecule is CC(=O)N1CC(Nc2ccc(-n3cncn3)c(Cl)c2)=CC1=O. The van der Waals surface area contributed by atoms with Gasteiger partial charge in [-0.3, -0.25) is 14.5 Å². The third-order valence-electron chi connectivity index (χ3n) is 3.19. The number of halogens is 1. The molecular formula is C14H12ClN5O2. The number of imide groups is 1. The predicted octanol–water partition coefficient (Wildman–Crippen LogP) is 1.61. The van der Waals surface area contributed by atoms with Crippen molar-refractivity contribution in [2.24, 2.45) is 0 Å². The molecule has 112 valence electrons. The molecule has 0 saturated carbocycles. The Morgan fingerprint density at radius 1 is 1.41 bits per heavy atom. The van der Waals surface area contributed by atoms with E-state index in [1.807, 2.05) is 6.07 Å². The van der Waals surface area contributed by atoms with E-state index >= 15 is 0 Å². The lowest BCUT2D eigenvalue weighted by atomic mass is 10.2. The Bertz CT molecular complexity index is 770. The summed E-state index contributed by atoms with van der Waals surface area (Å²) in [5.74, 6) is -0.599. The largest absolute Gasteiger partial charge is 0.357 e. The van der Waals surface area contributed by atoms with Gasteiger partial charge in [-0.25, -0.2) is 9.67 Å². The molecule has 7 nitrogen and oxygen atoms in total. The van der Waals surface area contributed by atoms with Gasteiger partial charge in [0, 0.05) is 24.4 Å². The number of hydrogen-bond donors (Lipinski definition) is 1. The normalized spacial score (nSPS) is 14.2. The fraction of sp³-hybridized carbons (Fsp3) is 0.143. The second kappa shape index (κ2) is 5.61. The number of rotatable bonds is 3. The van der Waals surface area contributed by atoms with Crippen molar-refractivity contribution in [1.82, 2.24) is 19.7 Å². The molecule has 0 saturated heterocycles. The first-order valence-corrected chi connectivity index (χ1v) is 6.86. The topological polar surface area (TPSA) is 80.1 Å². The molecule has 1 N–H and O–H groups in total. The zero-order valence-electron chi connectivity index (χ0n) is 11.7. The Morgan fingerprint density at radius 3 is 2.82 bits per heavy atom. The Hall–Kier alpha value is -2.67. The van der Waals surface area contributed by atoms with Gasteiger partial charge < -0.3 is 5.32 Å². The molecule has 8 heteroatoms. The van der Waals surface area contributed by atoms with Gasteiger partial charge in [0.15, 0.2) is 0 Å². The maximum Gasteiger partial charge on any atom is 0.255 e. The number of carbonyl (C=O) groups excluding carboxylic acids is 2. The van der Waals surface area contributed by atoms with Crippen molar-refractivity contribution < 1.29 is 9.59 Å². The van der Waals surface area contributed by atoms with E-state index in [2.05, 4.69) is 15.4 Å². The van der Waals surface area contributed by atoms with Gasteiger partial charge in [0.2, 0.25) is 5.91 Å². The van der Waals surface area contributed by atoms with E-state index in [0.29, 0.717) is 16.4 Å². The molecule has 1 aliphatic rings. The lowest BCUT2D eigenvalue weighted by Gasteiger charge is -2.13. The van der Waals surface area contributed by atoms with Crippen molar-refractivity contribution in [3.63, 3.8) is 0 Å². The Kier molecular flexibility index (Phi) is 3.64. The maximum atomic E-state index is 11.6. The Balaban J connectivity index is 1.77. The summed E-state index contributed by atoms with van der Waals surface area (Å²) in [6, 6.07) is 5.32. The zero-order chi connectivity index (χ0) is 15.7. The van der Waals surface area contributed by atoms with Crippen LogP contribution in [0.15, 0.2) is 42.6 Å². The van der Waals surface area contributed by atoms with Crippen LogP contribution < -0.4 is 5.32 Å². The van der Waals surface area contributed by atoms with Crippen LogP contribution >= 0.6 is 11.6 Å². The zero-order valence-corrected chi connectivity index (χ0v) is 12.4. The van der Waals surface area contributed by atoms with Gasteiger partial charge in [0.25, 0.3) is 5.91 Å². The number of aromatic nitrogens is 3. The molecule has 1 aromatic heterocycles. The van der Waals surface area contributed by atoms with Crippen molar-refractivity contribution in [2.75, 3.05) is 11.9 Å². The highest BCUT2D eigenvalue weighted by Gasteiger charge is 2.24. The summed E-state index contributed by atoms with van der Waals surface area (Å²) in [5, 5.41) is 7.60.